The average molecular weight is 505 g/mol. The van der Waals surface area contributed by atoms with E-state index in [2.05, 4.69) is 10.1 Å². The number of esters is 1. The van der Waals surface area contributed by atoms with Gasteiger partial charge < -0.3 is 24.4 Å². The molecule has 0 aliphatic carbocycles. The van der Waals surface area contributed by atoms with E-state index in [0.29, 0.717) is 31.4 Å². The summed E-state index contributed by atoms with van der Waals surface area (Å²) in [5, 5.41) is 2.75. The lowest BCUT2D eigenvalue weighted by Crippen LogP contribution is -2.57. The highest BCUT2D eigenvalue weighted by Crippen LogP contribution is 2.30. The highest BCUT2D eigenvalue weighted by molar-refractivity contribution is 5.93. The molecule has 1 aromatic rings. The number of fused-ring (bicyclic) bond motifs is 1. The van der Waals surface area contributed by atoms with Crippen LogP contribution in [0.1, 0.15) is 71.9 Å². The van der Waals surface area contributed by atoms with Crippen LogP contribution in [-0.2, 0) is 36.8 Å². The van der Waals surface area contributed by atoms with Crippen LogP contribution >= 0.6 is 0 Å². The second-order valence-electron chi connectivity index (χ2n) is 10.2. The Labute approximate surface area is 213 Å². The average Bonchev–Trinajstić information content (AvgIpc) is 2.82. The van der Waals surface area contributed by atoms with Gasteiger partial charge in [-0.3, -0.25) is 9.59 Å². The molecule has 3 atom stereocenters. The fraction of sp³-hybridized carbons (Fsp3) is 0.630. The molecule has 1 aliphatic rings. The number of benzene rings is 1. The molecule has 9 heteroatoms. The normalized spacial score (nSPS) is 16.9. The number of amides is 2. The fourth-order valence-electron chi connectivity index (χ4n) is 4.08. The third-order valence-corrected chi connectivity index (χ3v) is 6.19. The zero-order valence-corrected chi connectivity index (χ0v) is 22.5. The standard InChI is InChI=1S/C27H40N2O7/c1-8-10-22(30)21-14-18-11-12-20(35-16-23(31)34-7)13-19(18)15-29(21)25(32)24(17(3)9-2)28-26(33)36-27(4,5)6/h11-13,17,21,24H,8-10,14-16H2,1-7H3,(H,28,33). The quantitative estimate of drug-likeness (QED) is 0.483. The second kappa shape index (κ2) is 12.7. The summed E-state index contributed by atoms with van der Waals surface area (Å²) < 4.78 is 15.5. The van der Waals surface area contributed by atoms with Crippen LogP contribution in [0, 0.1) is 5.92 Å². The Bertz CT molecular complexity index is 954. The van der Waals surface area contributed by atoms with Crippen LogP contribution in [0.15, 0.2) is 18.2 Å². The van der Waals surface area contributed by atoms with Crippen LogP contribution in [0.3, 0.4) is 0 Å². The monoisotopic (exact) mass is 504 g/mol. The lowest BCUT2D eigenvalue weighted by atomic mass is 9.88. The number of alkyl carbamates (subject to hydrolysis) is 1. The molecule has 1 aliphatic heterocycles. The van der Waals surface area contributed by atoms with Gasteiger partial charge >= 0.3 is 12.1 Å². The van der Waals surface area contributed by atoms with Gasteiger partial charge in [0, 0.05) is 19.4 Å². The topological polar surface area (TPSA) is 111 Å². The van der Waals surface area contributed by atoms with Crippen molar-refractivity contribution in [3.63, 3.8) is 0 Å². The third-order valence-electron chi connectivity index (χ3n) is 6.19. The molecule has 0 radical (unpaired) electrons. The second-order valence-corrected chi connectivity index (χ2v) is 10.2. The minimum Gasteiger partial charge on any atom is -0.482 e. The molecule has 1 heterocycles. The van der Waals surface area contributed by atoms with E-state index in [1.807, 2.05) is 26.8 Å². The first-order chi connectivity index (χ1) is 16.9. The molecule has 9 nitrogen and oxygen atoms in total. The molecule has 3 unspecified atom stereocenters. The number of ketones is 1. The van der Waals surface area contributed by atoms with Crippen molar-refractivity contribution in [3.8, 4) is 5.75 Å². The van der Waals surface area contributed by atoms with Crippen molar-refractivity contribution in [2.75, 3.05) is 13.7 Å². The van der Waals surface area contributed by atoms with E-state index in [9.17, 15) is 19.2 Å². The van der Waals surface area contributed by atoms with E-state index in [0.717, 1.165) is 11.1 Å². The molecule has 0 spiro atoms. The van der Waals surface area contributed by atoms with Gasteiger partial charge in [-0.1, -0.05) is 33.3 Å². The van der Waals surface area contributed by atoms with Crippen molar-refractivity contribution in [2.45, 2.75) is 91.5 Å². The van der Waals surface area contributed by atoms with Crippen LogP contribution in [0.2, 0.25) is 0 Å². The summed E-state index contributed by atoms with van der Waals surface area (Å²) in [7, 11) is 1.29. The molecule has 1 N–H and O–H groups in total. The fourth-order valence-corrected chi connectivity index (χ4v) is 4.08. The SMILES string of the molecule is CCCC(=O)C1Cc2ccc(OCC(=O)OC)cc2CN1C(=O)C(NC(=O)OC(C)(C)C)C(C)CC. The number of nitrogens with zero attached hydrogens (tertiary/aromatic N) is 1. The smallest absolute Gasteiger partial charge is 0.408 e. The molecule has 0 bridgehead atoms. The van der Waals surface area contributed by atoms with Gasteiger partial charge in [-0.2, -0.15) is 0 Å². The van der Waals surface area contributed by atoms with Crippen molar-refractivity contribution >= 4 is 23.8 Å². The zero-order valence-electron chi connectivity index (χ0n) is 22.5. The van der Waals surface area contributed by atoms with E-state index in [-0.39, 0.29) is 30.8 Å². The maximum Gasteiger partial charge on any atom is 0.408 e. The number of hydrogen-bond donors (Lipinski definition) is 1. The van der Waals surface area contributed by atoms with Gasteiger partial charge in [0.2, 0.25) is 5.91 Å². The first-order valence-electron chi connectivity index (χ1n) is 12.5. The van der Waals surface area contributed by atoms with Crippen molar-refractivity contribution in [1.29, 1.82) is 0 Å². The Hall–Kier alpha value is -3.10. The Balaban J connectivity index is 2.37. The largest absolute Gasteiger partial charge is 0.482 e. The lowest BCUT2D eigenvalue weighted by Gasteiger charge is -2.39. The van der Waals surface area contributed by atoms with Gasteiger partial charge in [-0.05, 0) is 56.4 Å². The van der Waals surface area contributed by atoms with Crippen LogP contribution in [-0.4, -0.2) is 60.1 Å². The number of carbonyl (C=O) groups is 4. The van der Waals surface area contributed by atoms with Crippen LogP contribution in [0.4, 0.5) is 4.79 Å². The minimum absolute atomic E-state index is 0.0114. The number of ether oxygens (including phenoxy) is 3. The maximum atomic E-state index is 13.9. The van der Waals surface area contributed by atoms with Crippen molar-refractivity contribution in [2.24, 2.45) is 5.92 Å². The predicted molar refractivity (Wildman–Crippen MR) is 135 cm³/mol. The van der Waals surface area contributed by atoms with Crippen LogP contribution in [0.25, 0.3) is 0 Å². The number of rotatable bonds is 10. The number of methoxy groups -OCH3 is 1. The minimum atomic E-state index is -0.845. The third kappa shape index (κ3) is 7.96. The Morgan fingerprint density at radius 1 is 1.14 bits per heavy atom. The maximum absolute atomic E-state index is 13.9. The molecular formula is C27H40N2O7. The molecule has 2 rings (SSSR count). The molecule has 0 fully saturated rings. The summed E-state index contributed by atoms with van der Waals surface area (Å²) in [5.41, 5.74) is 1.06. The summed E-state index contributed by atoms with van der Waals surface area (Å²) in [6, 6.07) is 3.91. The Kier molecular flexibility index (Phi) is 10.3. The summed E-state index contributed by atoms with van der Waals surface area (Å²) >= 11 is 0. The highest BCUT2D eigenvalue weighted by Gasteiger charge is 2.39. The van der Waals surface area contributed by atoms with Gasteiger partial charge in [-0.15, -0.1) is 0 Å². The van der Waals surface area contributed by atoms with Gasteiger partial charge in [0.1, 0.15) is 17.4 Å². The Morgan fingerprint density at radius 3 is 2.42 bits per heavy atom. The number of nitrogens with one attached hydrogen (secondary N) is 1. The molecule has 36 heavy (non-hydrogen) atoms. The van der Waals surface area contributed by atoms with Crippen LogP contribution < -0.4 is 10.1 Å². The van der Waals surface area contributed by atoms with Crippen molar-refractivity contribution in [1.82, 2.24) is 10.2 Å². The van der Waals surface area contributed by atoms with Gasteiger partial charge in [-0.25, -0.2) is 9.59 Å². The first-order valence-corrected chi connectivity index (χ1v) is 12.5. The van der Waals surface area contributed by atoms with Gasteiger partial charge in [0.05, 0.1) is 13.2 Å². The molecule has 0 saturated heterocycles. The summed E-state index contributed by atoms with van der Waals surface area (Å²) in [6.45, 7) is 11.0. The molecule has 1 aromatic carbocycles. The summed E-state index contributed by atoms with van der Waals surface area (Å²) in [6.07, 6.45) is 1.38. The van der Waals surface area contributed by atoms with Crippen molar-refractivity contribution < 1.29 is 33.4 Å². The zero-order chi connectivity index (χ0) is 27.0. The molecule has 2 amide bonds. The number of hydrogen-bond acceptors (Lipinski definition) is 7. The van der Waals surface area contributed by atoms with Crippen LogP contribution in [0.5, 0.6) is 5.75 Å². The first kappa shape index (κ1) is 29.1. The van der Waals surface area contributed by atoms with Gasteiger partial charge in [0.15, 0.2) is 12.4 Å². The van der Waals surface area contributed by atoms with E-state index in [1.54, 1.807) is 37.8 Å². The predicted octanol–water partition coefficient (Wildman–Crippen LogP) is 3.80. The summed E-state index contributed by atoms with van der Waals surface area (Å²) in [5.74, 6) is -0.545. The molecular weight excluding hydrogens is 464 g/mol. The molecule has 0 aromatic heterocycles. The summed E-state index contributed by atoms with van der Waals surface area (Å²) in [4.78, 5) is 52.6. The van der Waals surface area contributed by atoms with E-state index in [1.165, 1.54) is 7.11 Å². The number of carbonyl (C=O) groups excluding carboxylic acids is 4. The number of Topliss-reactive ketones (excluding diaryl/α,β-unsaturated/α-hetero) is 1. The van der Waals surface area contributed by atoms with Gasteiger partial charge in [0.25, 0.3) is 0 Å². The molecule has 0 saturated carbocycles. The van der Waals surface area contributed by atoms with E-state index in [4.69, 9.17) is 9.47 Å². The van der Waals surface area contributed by atoms with E-state index >= 15 is 0 Å². The Morgan fingerprint density at radius 2 is 1.83 bits per heavy atom. The van der Waals surface area contributed by atoms with E-state index < -0.39 is 29.7 Å². The van der Waals surface area contributed by atoms with Crippen molar-refractivity contribution in [3.05, 3.63) is 29.3 Å². The molecule has 200 valence electrons. The highest BCUT2D eigenvalue weighted by atomic mass is 16.6. The lowest BCUT2D eigenvalue weighted by molar-refractivity contribution is -0.143.